The number of carboxylic acids is 1. The van der Waals surface area contributed by atoms with Gasteiger partial charge in [0.15, 0.2) is 0 Å². The maximum atomic E-state index is 12.0. The van der Waals surface area contributed by atoms with Crippen molar-refractivity contribution in [3.8, 4) is 5.75 Å². The van der Waals surface area contributed by atoms with E-state index in [0.717, 1.165) is 6.07 Å². The number of hydrogen-bond acceptors (Lipinski definition) is 4. The summed E-state index contributed by atoms with van der Waals surface area (Å²) in [5.41, 5.74) is 0.413. The Bertz CT molecular complexity index is 481. The molecular weight excluding hydrogens is 347 g/mol. The van der Waals surface area contributed by atoms with Gasteiger partial charge in [0.2, 0.25) is 0 Å². The summed E-state index contributed by atoms with van der Waals surface area (Å²) in [5, 5.41) is 20.5. The first-order chi connectivity index (χ1) is 9.17. The Morgan fingerprint density at radius 1 is 1.45 bits per heavy atom. The fourth-order valence-electron chi connectivity index (χ4n) is 1.33. The van der Waals surface area contributed by atoms with Crippen molar-refractivity contribution < 1.29 is 32.9 Å². The van der Waals surface area contributed by atoms with Gasteiger partial charge in [-0.3, -0.25) is 4.79 Å². The smallest absolute Gasteiger partial charge is 0.481 e. The first kappa shape index (κ1) is 16.6. The summed E-state index contributed by atoms with van der Waals surface area (Å²) in [6.07, 6.45) is -6.31. The van der Waals surface area contributed by atoms with Crippen LogP contribution in [0.1, 0.15) is 6.42 Å². The number of nitrogens with one attached hydrogen (secondary N) is 1. The first-order valence-corrected chi connectivity index (χ1v) is 6.15. The first-order valence-electron chi connectivity index (χ1n) is 5.36. The Morgan fingerprint density at radius 2 is 2.10 bits per heavy atom. The molecule has 0 aromatic heterocycles. The molecule has 1 aromatic carbocycles. The van der Waals surface area contributed by atoms with Gasteiger partial charge in [0.05, 0.1) is 17.0 Å². The van der Waals surface area contributed by atoms with E-state index in [9.17, 15) is 23.1 Å². The minimum absolute atomic E-state index is 0.0434. The third-order valence-corrected chi connectivity index (χ3v) is 2.73. The molecule has 1 aromatic rings. The van der Waals surface area contributed by atoms with Crippen molar-refractivity contribution in [1.29, 1.82) is 0 Å². The van der Waals surface area contributed by atoms with E-state index in [1.165, 1.54) is 12.1 Å². The van der Waals surface area contributed by atoms with Gasteiger partial charge in [-0.2, -0.15) is 0 Å². The molecule has 1 unspecified atom stereocenters. The number of aliphatic hydroxyl groups is 1. The van der Waals surface area contributed by atoms with Gasteiger partial charge in [0, 0.05) is 12.2 Å². The summed E-state index contributed by atoms with van der Waals surface area (Å²) in [6, 6.07) is 3.75. The molecule has 3 N–H and O–H groups in total. The molecule has 0 fully saturated rings. The highest BCUT2D eigenvalue weighted by molar-refractivity contribution is 9.10. The van der Waals surface area contributed by atoms with Crippen molar-refractivity contribution in [2.24, 2.45) is 0 Å². The number of carbonyl (C=O) groups is 1. The molecular formula is C11H11BrF3NO4. The number of aliphatic hydroxyl groups excluding tert-OH is 1. The van der Waals surface area contributed by atoms with Crippen LogP contribution in [-0.2, 0) is 4.79 Å². The third-order valence-electron chi connectivity index (χ3n) is 2.11. The van der Waals surface area contributed by atoms with Crippen LogP contribution in [0.25, 0.3) is 0 Å². The van der Waals surface area contributed by atoms with E-state index < -0.39 is 30.6 Å². The monoisotopic (exact) mass is 357 g/mol. The van der Waals surface area contributed by atoms with Crippen molar-refractivity contribution in [3.05, 3.63) is 22.7 Å². The summed E-state index contributed by atoms with van der Waals surface area (Å²) in [5.74, 6) is -1.54. The number of hydrogen-bond donors (Lipinski definition) is 3. The number of rotatable bonds is 6. The van der Waals surface area contributed by atoms with Gasteiger partial charge in [-0.05, 0) is 34.1 Å². The van der Waals surface area contributed by atoms with Gasteiger partial charge in [-0.25, -0.2) is 0 Å². The van der Waals surface area contributed by atoms with Crippen LogP contribution in [-0.4, -0.2) is 35.2 Å². The van der Waals surface area contributed by atoms with Crippen LogP contribution in [0.2, 0.25) is 0 Å². The minimum Gasteiger partial charge on any atom is -0.481 e. The minimum atomic E-state index is -4.78. The number of ether oxygens (including phenoxy) is 1. The van der Waals surface area contributed by atoms with Crippen molar-refractivity contribution in [1.82, 2.24) is 0 Å². The van der Waals surface area contributed by atoms with Crippen LogP contribution < -0.4 is 10.1 Å². The second-order valence-corrected chi connectivity index (χ2v) is 4.68. The fourth-order valence-corrected chi connectivity index (χ4v) is 1.79. The molecule has 0 saturated carbocycles. The predicted molar refractivity (Wildman–Crippen MR) is 67.6 cm³/mol. The van der Waals surface area contributed by atoms with Gasteiger partial charge < -0.3 is 20.3 Å². The highest BCUT2D eigenvalue weighted by Crippen LogP contribution is 2.32. The van der Waals surface area contributed by atoms with E-state index in [1.807, 2.05) is 0 Å². The summed E-state index contributed by atoms with van der Waals surface area (Å²) >= 11 is 2.93. The average molecular weight is 358 g/mol. The maximum Gasteiger partial charge on any atom is 0.573 e. The normalized spacial score (nSPS) is 12.8. The van der Waals surface area contributed by atoms with E-state index in [1.54, 1.807) is 0 Å². The molecule has 0 saturated heterocycles. The van der Waals surface area contributed by atoms with E-state index in [0.29, 0.717) is 5.69 Å². The number of alkyl halides is 3. The van der Waals surface area contributed by atoms with Crippen LogP contribution >= 0.6 is 15.9 Å². The van der Waals surface area contributed by atoms with Gasteiger partial charge in [0.25, 0.3) is 0 Å². The molecule has 0 aliphatic carbocycles. The Labute approximate surface area is 120 Å². The Kier molecular flexibility index (Phi) is 5.63. The van der Waals surface area contributed by atoms with E-state index in [2.05, 4.69) is 26.0 Å². The van der Waals surface area contributed by atoms with Crippen LogP contribution in [0.4, 0.5) is 18.9 Å². The third kappa shape index (κ3) is 6.11. The number of aliphatic carboxylic acids is 1. The molecule has 0 spiro atoms. The molecule has 0 bridgehead atoms. The van der Waals surface area contributed by atoms with Gasteiger partial charge in [0.1, 0.15) is 5.75 Å². The SMILES string of the molecule is O=C(O)CC(O)CNc1ccc(OC(F)(F)F)c(Br)c1. The molecule has 9 heteroatoms. The van der Waals surface area contributed by atoms with E-state index >= 15 is 0 Å². The van der Waals surface area contributed by atoms with Crippen molar-refractivity contribution in [3.63, 3.8) is 0 Å². The average Bonchev–Trinajstić information content (AvgIpc) is 2.27. The zero-order valence-corrected chi connectivity index (χ0v) is 11.5. The molecule has 1 atom stereocenters. The van der Waals surface area contributed by atoms with Crippen molar-refractivity contribution in [2.75, 3.05) is 11.9 Å². The Hall–Kier alpha value is -1.48. The zero-order valence-electron chi connectivity index (χ0n) is 9.95. The number of carboxylic acid groups (broad SMARTS) is 1. The lowest BCUT2D eigenvalue weighted by Gasteiger charge is -2.14. The Balaban J connectivity index is 2.61. The molecule has 0 aliphatic rings. The quantitative estimate of drug-likeness (QED) is 0.729. The maximum absolute atomic E-state index is 12.0. The summed E-state index contributed by atoms with van der Waals surface area (Å²) in [4.78, 5) is 10.3. The summed E-state index contributed by atoms with van der Waals surface area (Å²) < 4.78 is 40.0. The number of benzene rings is 1. The van der Waals surface area contributed by atoms with Gasteiger partial charge in [-0.15, -0.1) is 13.2 Å². The molecule has 5 nitrogen and oxygen atoms in total. The molecule has 0 aliphatic heterocycles. The topological polar surface area (TPSA) is 78.8 Å². The summed E-state index contributed by atoms with van der Waals surface area (Å²) in [6.45, 7) is -0.0434. The number of halogens is 4. The lowest BCUT2D eigenvalue weighted by molar-refractivity contribution is -0.274. The van der Waals surface area contributed by atoms with Crippen molar-refractivity contribution in [2.45, 2.75) is 18.9 Å². The molecule has 20 heavy (non-hydrogen) atoms. The summed E-state index contributed by atoms with van der Waals surface area (Å²) in [7, 11) is 0. The standard InChI is InChI=1S/C11H11BrF3NO4/c12-8-3-6(16-5-7(17)4-10(18)19)1-2-9(8)20-11(13,14)15/h1-3,7,16-17H,4-5H2,(H,18,19). The molecule has 112 valence electrons. The lowest BCUT2D eigenvalue weighted by atomic mass is 10.2. The predicted octanol–water partition coefficient (Wildman–Crippen LogP) is 2.60. The van der Waals surface area contributed by atoms with Crippen molar-refractivity contribution >= 4 is 27.6 Å². The highest BCUT2D eigenvalue weighted by atomic mass is 79.9. The van der Waals surface area contributed by atoms with E-state index in [4.69, 9.17) is 5.11 Å². The Morgan fingerprint density at radius 3 is 2.60 bits per heavy atom. The van der Waals surface area contributed by atoms with Crippen LogP contribution in [0.15, 0.2) is 22.7 Å². The lowest BCUT2D eigenvalue weighted by Crippen LogP contribution is -2.22. The van der Waals surface area contributed by atoms with Crippen LogP contribution in [0.3, 0.4) is 0 Å². The van der Waals surface area contributed by atoms with Crippen LogP contribution in [0, 0.1) is 0 Å². The van der Waals surface area contributed by atoms with Gasteiger partial charge in [-0.1, -0.05) is 0 Å². The fraction of sp³-hybridized carbons (Fsp3) is 0.364. The molecule has 0 heterocycles. The molecule has 1 rings (SSSR count). The van der Waals surface area contributed by atoms with E-state index in [-0.39, 0.29) is 11.0 Å². The number of anilines is 1. The zero-order chi connectivity index (χ0) is 15.3. The van der Waals surface area contributed by atoms with Crippen LogP contribution in [0.5, 0.6) is 5.75 Å². The van der Waals surface area contributed by atoms with Gasteiger partial charge >= 0.3 is 12.3 Å². The second-order valence-electron chi connectivity index (χ2n) is 3.83. The highest BCUT2D eigenvalue weighted by Gasteiger charge is 2.31. The molecule has 0 amide bonds. The largest absolute Gasteiger partial charge is 0.573 e. The second kappa shape index (κ2) is 6.80. The molecule has 0 radical (unpaired) electrons.